The number of hydrogen-bond acceptors (Lipinski definition) is 5. The summed E-state index contributed by atoms with van der Waals surface area (Å²) in [5.74, 6) is -0.0967. The van der Waals surface area contributed by atoms with Gasteiger partial charge in [0.15, 0.2) is 0 Å². The van der Waals surface area contributed by atoms with E-state index in [1.807, 2.05) is 4.90 Å². The summed E-state index contributed by atoms with van der Waals surface area (Å²) in [5, 5.41) is 13.8. The Morgan fingerprint density at radius 2 is 2.11 bits per heavy atom. The highest BCUT2D eigenvalue weighted by Gasteiger charge is 2.31. The lowest BCUT2D eigenvalue weighted by atomic mass is 9.99. The third-order valence-electron chi connectivity index (χ3n) is 3.54. The molecule has 0 unspecified atom stereocenters. The molecule has 2 aliphatic heterocycles. The van der Waals surface area contributed by atoms with E-state index in [9.17, 15) is 14.9 Å². The molecule has 7 nitrogen and oxygen atoms in total. The van der Waals surface area contributed by atoms with Crippen LogP contribution in [0.1, 0.15) is 12.0 Å². The molecule has 7 heteroatoms. The van der Waals surface area contributed by atoms with Gasteiger partial charge >= 0.3 is 0 Å². The second-order valence-electron chi connectivity index (χ2n) is 4.97. The van der Waals surface area contributed by atoms with Crippen molar-refractivity contribution in [3.63, 3.8) is 0 Å². The fourth-order valence-corrected chi connectivity index (χ4v) is 2.51. The first kappa shape index (κ1) is 11.9. The molecule has 0 atom stereocenters. The second-order valence-corrected chi connectivity index (χ2v) is 4.97. The average molecular weight is 262 g/mol. The summed E-state index contributed by atoms with van der Waals surface area (Å²) in [6.07, 6.45) is 1.04. The van der Waals surface area contributed by atoms with Gasteiger partial charge in [-0.15, -0.1) is 0 Å². The molecule has 1 amide bonds. The number of hydrogen-bond donors (Lipinski definition) is 2. The molecule has 3 N–H and O–H groups in total. The number of carbonyl (C=O) groups excluding carboxylic acids is 1. The van der Waals surface area contributed by atoms with Crippen LogP contribution < -0.4 is 16.0 Å². The van der Waals surface area contributed by atoms with Crippen molar-refractivity contribution in [3.05, 3.63) is 27.8 Å². The highest BCUT2D eigenvalue weighted by atomic mass is 16.6. The van der Waals surface area contributed by atoms with E-state index in [-0.39, 0.29) is 17.6 Å². The molecule has 19 heavy (non-hydrogen) atoms. The molecule has 1 fully saturated rings. The standard InChI is InChI=1S/C12H14N4O3/c13-8-5-15(6-8)10-3-7-1-2-12(17)14-9(7)4-11(10)16(18)19/h3-4,8H,1-2,5-6,13H2,(H,14,17). The molecule has 1 aromatic carbocycles. The van der Waals surface area contributed by atoms with Gasteiger partial charge in [0.2, 0.25) is 5.91 Å². The molecule has 1 aromatic rings. The number of anilines is 2. The number of rotatable bonds is 2. The minimum absolute atomic E-state index is 0.0212. The van der Waals surface area contributed by atoms with E-state index in [0.717, 1.165) is 5.56 Å². The Labute approximate surface area is 109 Å². The molecule has 2 aliphatic rings. The summed E-state index contributed by atoms with van der Waals surface area (Å²) in [7, 11) is 0. The predicted octanol–water partition coefficient (Wildman–Crippen LogP) is 0.627. The third kappa shape index (κ3) is 2.01. The van der Waals surface area contributed by atoms with Gasteiger partial charge in [-0.25, -0.2) is 0 Å². The van der Waals surface area contributed by atoms with Crippen LogP contribution >= 0.6 is 0 Å². The molecule has 0 aliphatic carbocycles. The lowest BCUT2D eigenvalue weighted by molar-refractivity contribution is -0.384. The maximum absolute atomic E-state index is 11.3. The van der Waals surface area contributed by atoms with Crippen LogP contribution in [0.5, 0.6) is 0 Å². The van der Waals surface area contributed by atoms with Crippen molar-refractivity contribution >= 4 is 23.0 Å². The first-order chi connectivity index (χ1) is 9.04. The van der Waals surface area contributed by atoms with Crippen LogP contribution in [-0.2, 0) is 11.2 Å². The van der Waals surface area contributed by atoms with Crippen LogP contribution in [0.15, 0.2) is 12.1 Å². The Morgan fingerprint density at radius 3 is 2.74 bits per heavy atom. The van der Waals surface area contributed by atoms with Crippen molar-refractivity contribution in [1.29, 1.82) is 0 Å². The minimum Gasteiger partial charge on any atom is -0.363 e. The number of fused-ring (bicyclic) bond motifs is 1. The molecule has 0 radical (unpaired) electrons. The maximum atomic E-state index is 11.3. The van der Waals surface area contributed by atoms with E-state index in [1.165, 1.54) is 6.07 Å². The number of nitrogens with one attached hydrogen (secondary N) is 1. The van der Waals surface area contributed by atoms with Crippen LogP contribution in [0.2, 0.25) is 0 Å². The summed E-state index contributed by atoms with van der Waals surface area (Å²) in [4.78, 5) is 24.0. The Bertz CT molecular complexity index is 566. The molecule has 3 rings (SSSR count). The first-order valence-electron chi connectivity index (χ1n) is 6.16. The molecule has 0 bridgehead atoms. The average Bonchev–Trinajstić information content (AvgIpc) is 2.33. The van der Waals surface area contributed by atoms with Gasteiger partial charge in [0.05, 0.1) is 10.6 Å². The summed E-state index contributed by atoms with van der Waals surface area (Å²) in [6, 6.07) is 3.33. The first-order valence-corrected chi connectivity index (χ1v) is 6.16. The van der Waals surface area contributed by atoms with Crippen LogP contribution in [0, 0.1) is 10.1 Å². The Morgan fingerprint density at radius 1 is 1.37 bits per heavy atom. The Kier molecular flexibility index (Phi) is 2.63. The summed E-state index contributed by atoms with van der Waals surface area (Å²) < 4.78 is 0. The fourth-order valence-electron chi connectivity index (χ4n) is 2.51. The van der Waals surface area contributed by atoms with E-state index >= 15 is 0 Å². The van der Waals surface area contributed by atoms with E-state index in [2.05, 4.69) is 5.32 Å². The number of aryl methyl sites for hydroxylation is 1. The van der Waals surface area contributed by atoms with Crippen molar-refractivity contribution in [2.24, 2.45) is 5.73 Å². The van der Waals surface area contributed by atoms with Crippen molar-refractivity contribution in [1.82, 2.24) is 0 Å². The van der Waals surface area contributed by atoms with E-state index in [4.69, 9.17) is 5.73 Å². The predicted molar refractivity (Wildman–Crippen MR) is 70.2 cm³/mol. The molecule has 2 heterocycles. The van der Waals surface area contributed by atoms with Gasteiger partial charge in [0, 0.05) is 31.6 Å². The van der Waals surface area contributed by atoms with Crippen LogP contribution in [-0.4, -0.2) is 30.0 Å². The SMILES string of the molecule is NC1CN(c2cc3c(cc2[N+](=O)[O-])NC(=O)CC3)C1. The Hall–Kier alpha value is -2.15. The van der Waals surface area contributed by atoms with Gasteiger partial charge in [0.1, 0.15) is 5.69 Å². The lowest BCUT2D eigenvalue weighted by Crippen LogP contribution is -2.56. The maximum Gasteiger partial charge on any atom is 0.294 e. The molecular weight excluding hydrogens is 248 g/mol. The fraction of sp³-hybridized carbons (Fsp3) is 0.417. The second kappa shape index (κ2) is 4.20. The van der Waals surface area contributed by atoms with Gasteiger partial charge in [-0.3, -0.25) is 14.9 Å². The zero-order chi connectivity index (χ0) is 13.6. The van der Waals surface area contributed by atoms with Crippen LogP contribution in [0.25, 0.3) is 0 Å². The number of nitrogens with two attached hydrogens (primary N) is 1. The number of nitrogens with zero attached hydrogens (tertiary/aromatic N) is 2. The number of carbonyl (C=O) groups is 1. The van der Waals surface area contributed by atoms with Gasteiger partial charge in [-0.1, -0.05) is 0 Å². The number of benzene rings is 1. The van der Waals surface area contributed by atoms with Gasteiger partial charge in [-0.2, -0.15) is 0 Å². The monoisotopic (exact) mass is 262 g/mol. The number of nitro groups is 1. The van der Waals surface area contributed by atoms with Gasteiger partial charge in [-0.05, 0) is 18.1 Å². The molecule has 1 saturated heterocycles. The topological polar surface area (TPSA) is 102 Å². The molecule has 0 saturated carbocycles. The van der Waals surface area contributed by atoms with Crippen molar-refractivity contribution in [3.8, 4) is 0 Å². The largest absolute Gasteiger partial charge is 0.363 e. The Balaban J connectivity index is 2.03. The zero-order valence-electron chi connectivity index (χ0n) is 10.3. The summed E-state index contributed by atoms with van der Waals surface area (Å²) >= 11 is 0. The third-order valence-corrected chi connectivity index (χ3v) is 3.54. The highest BCUT2D eigenvalue weighted by Crippen LogP contribution is 2.37. The van der Waals surface area contributed by atoms with Crippen LogP contribution in [0.4, 0.5) is 17.1 Å². The van der Waals surface area contributed by atoms with E-state index < -0.39 is 4.92 Å². The zero-order valence-corrected chi connectivity index (χ0v) is 10.3. The van der Waals surface area contributed by atoms with Crippen molar-refractivity contribution in [2.75, 3.05) is 23.3 Å². The molecule has 0 spiro atoms. The van der Waals surface area contributed by atoms with E-state index in [0.29, 0.717) is 37.3 Å². The molecule has 100 valence electrons. The molecule has 0 aromatic heterocycles. The number of amides is 1. The minimum atomic E-state index is -0.416. The smallest absolute Gasteiger partial charge is 0.294 e. The highest BCUT2D eigenvalue weighted by molar-refractivity contribution is 5.95. The van der Waals surface area contributed by atoms with Gasteiger partial charge < -0.3 is 16.0 Å². The van der Waals surface area contributed by atoms with Gasteiger partial charge in [0.25, 0.3) is 5.69 Å². The van der Waals surface area contributed by atoms with Crippen molar-refractivity contribution < 1.29 is 9.72 Å². The van der Waals surface area contributed by atoms with Crippen molar-refractivity contribution in [2.45, 2.75) is 18.9 Å². The normalized spacial score (nSPS) is 18.6. The summed E-state index contributed by atoms with van der Waals surface area (Å²) in [6.45, 7) is 1.26. The van der Waals surface area contributed by atoms with Crippen LogP contribution in [0.3, 0.4) is 0 Å². The summed E-state index contributed by atoms with van der Waals surface area (Å²) in [5.41, 5.74) is 7.84. The number of nitro benzene ring substituents is 1. The van der Waals surface area contributed by atoms with E-state index in [1.54, 1.807) is 6.07 Å². The molecular formula is C12H14N4O3. The quantitative estimate of drug-likeness (QED) is 0.601. The lowest BCUT2D eigenvalue weighted by Gasteiger charge is -2.38.